The fourth-order valence-corrected chi connectivity index (χ4v) is 1.66. The van der Waals surface area contributed by atoms with Gasteiger partial charge in [-0.15, -0.1) is 0 Å². The van der Waals surface area contributed by atoms with Gasteiger partial charge >= 0.3 is 0 Å². The first-order valence-corrected chi connectivity index (χ1v) is 5.26. The minimum absolute atomic E-state index is 0.151. The van der Waals surface area contributed by atoms with Gasteiger partial charge in [-0.25, -0.2) is 0 Å². The van der Waals surface area contributed by atoms with Gasteiger partial charge in [-0.05, 0) is 19.8 Å². The van der Waals surface area contributed by atoms with Crippen molar-refractivity contribution < 1.29 is 15.0 Å². The lowest BCUT2D eigenvalue weighted by Crippen LogP contribution is -2.59. The Morgan fingerprint density at radius 3 is 2.27 bits per heavy atom. The summed E-state index contributed by atoms with van der Waals surface area (Å²) in [4.78, 5) is 11.9. The van der Waals surface area contributed by atoms with E-state index >= 15 is 0 Å². The summed E-state index contributed by atoms with van der Waals surface area (Å²) in [5.74, 6) is -0.151. The van der Waals surface area contributed by atoms with Gasteiger partial charge in [0.25, 0.3) is 0 Å². The topological polar surface area (TPSA) is 95.6 Å². The first-order chi connectivity index (χ1) is 7.02. The van der Waals surface area contributed by atoms with Gasteiger partial charge in [-0.3, -0.25) is 4.79 Å². The third-order valence-corrected chi connectivity index (χ3v) is 3.30. The summed E-state index contributed by atoms with van der Waals surface area (Å²) in [6.45, 7) is 1.37. The maximum atomic E-state index is 11.9. The maximum absolute atomic E-state index is 11.9. The van der Waals surface area contributed by atoms with Crippen molar-refractivity contribution in [3.8, 4) is 0 Å². The van der Waals surface area contributed by atoms with Crippen LogP contribution in [-0.4, -0.2) is 41.4 Å². The van der Waals surface area contributed by atoms with Crippen molar-refractivity contribution in [1.82, 2.24) is 5.32 Å². The molecule has 5 heteroatoms. The molecule has 15 heavy (non-hydrogen) atoms. The van der Waals surface area contributed by atoms with Gasteiger partial charge in [-0.2, -0.15) is 0 Å². The Hall–Kier alpha value is -0.650. The third-order valence-electron chi connectivity index (χ3n) is 3.30. The molecule has 0 radical (unpaired) electrons. The second-order valence-corrected chi connectivity index (χ2v) is 4.67. The monoisotopic (exact) mass is 216 g/mol. The van der Waals surface area contributed by atoms with E-state index in [0.29, 0.717) is 6.54 Å². The lowest BCUT2D eigenvalue weighted by molar-refractivity contribution is -0.138. The van der Waals surface area contributed by atoms with Gasteiger partial charge in [0, 0.05) is 6.54 Å². The van der Waals surface area contributed by atoms with E-state index < -0.39 is 11.0 Å². The number of rotatable bonds is 5. The predicted octanol–water partition coefficient (Wildman–Crippen LogP) is -1.03. The van der Waals surface area contributed by atoms with Gasteiger partial charge in [0.15, 0.2) is 0 Å². The highest BCUT2D eigenvalue weighted by Gasteiger charge is 2.44. The number of amides is 1. The zero-order valence-corrected chi connectivity index (χ0v) is 9.12. The van der Waals surface area contributed by atoms with Crippen molar-refractivity contribution in [3.05, 3.63) is 0 Å². The number of nitrogens with one attached hydrogen (secondary N) is 1. The van der Waals surface area contributed by atoms with Crippen molar-refractivity contribution in [3.63, 3.8) is 0 Å². The fraction of sp³-hybridized carbons (Fsp3) is 0.900. The van der Waals surface area contributed by atoms with Crippen LogP contribution >= 0.6 is 0 Å². The van der Waals surface area contributed by atoms with Gasteiger partial charge in [0.1, 0.15) is 0 Å². The normalized spacial score (nSPS) is 19.5. The minimum atomic E-state index is -0.950. The summed E-state index contributed by atoms with van der Waals surface area (Å²) in [7, 11) is 0. The number of aliphatic hydroxyl groups excluding tert-OH is 2. The van der Waals surface area contributed by atoms with Crippen LogP contribution < -0.4 is 11.1 Å². The number of aliphatic hydroxyl groups is 2. The Morgan fingerprint density at radius 2 is 2.00 bits per heavy atom. The molecule has 1 rings (SSSR count). The molecule has 5 N–H and O–H groups in total. The molecule has 1 fully saturated rings. The molecule has 0 atom stereocenters. The Morgan fingerprint density at radius 1 is 1.47 bits per heavy atom. The fourth-order valence-electron chi connectivity index (χ4n) is 1.66. The van der Waals surface area contributed by atoms with Crippen molar-refractivity contribution in [2.45, 2.75) is 31.7 Å². The quantitative estimate of drug-likeness (QED) is 0.473. The molecule has 1 aliphatic rings. The third kappa shape index (κ3) is 2.30. The minimum Gasteiger partial charge on any atom is -0.394 e. The van der Waals surface area contributed by atoms with Gasteiger partial charge < -0.3 is 21.3 Å². The van der Waals surface area contributed by atoms with Crippen LogP contribution in [0.5, 0.6) is 0 Å². The van der Waals surface area contributed by atoms with Crippen molar-refractivity contribution >= 4 is 5.91 Å². The first kappa shape index (κ1) is 12.4. The van der Waals surface area contributed by atoms with Crippen LogP contribution in [0.2, 0.25) is 0 Å². The average molecular weight is 216 g/mol. The number of hydrogen-bond acceptors (Lipinski definition) is 4. The number of hydrogen-bond donors (Lipinski definition) is 4. The van der Waals surface area contributed by atoms with Crippen LogP contribution in [-0.2, 0) is 4.79 Å². The van der Waals surface area contributed by atoms with E-state index in [1.807, 2.05) is 0 Å². The SMILES string of the molecule is CC(CO)(CO)NC(=O)C1(CN)CCC1. The van der Waals surface area contributed by atoms with E-state index in [1.54, 1.807) is 6.92 Å². The molecule has 1 aliphatic carbocycles. The molecular weight excluding hydrogens is 196 g/mol. The summed E-state index contributed by atoms with van der Waals surface area (Å²) < 4.78 is 0. The molecule has 5 nitrogen and oxygen atoms in total. The van der Waals surface area contributed by atoms with E-state index in [-0.39, 0.29) is 19.1 Å². The van der Waals surface area contributed by atoms with Crippen LogP contribution in [0.1, 0.15) is 26.2 Å². The highest BCUT2D eigenvalue weighted by molar-refractivity contribution is 5.84. The van der Waals surface area contributed by atoms with Crippen LogP contribution in [0.15, 0.2) is 0 Å². The molecule has 0 aromatic rings. The molecule has 0 unspecified atom stereocenters. The molecule has 0 aromatic carbocycles. The molecule has 88 valence electrons. The average Bonchev–Trinajstić information content (AvgIpc) is 2.17. The summed E-state index contributed by atoms with van der Waals surface area (Å²) in [6.07, 6.45) is 2.60. The van der Waals surface area contributed by atoms with Crippen LogP contribution in [0.4, 0.5) is 0 Å². The molecule has 1 saturated carbocycles. The number of carbonyl (C=O) groups excluding carboxylic acids is 1. The molecular formula is C10H20N2O3. The summed E-state index contributed by atoms with van der Waals surface area (Å²) in [5, 5.41) is 20.8. The lowest BCUT2D eigenvalue weighted by atomic mass is 9.68. The van der Waals surface area contributed by atoms with Gasteiger partial charge in [0.05, 0.1) is 24.2 Å². The second-order valence-electron chi connectivity index (χ2n) is 4.67. The Kier molecular flexibility index (Phi) is 3.70. The van der Waals surface area contributed by atoms with E-state index in [2.05, 4.69) is 5.32 Å². The number of nitrogens with two attached hydrogens (primary N) is 1. The summed E-state index contributed by atoms with van der Waals surface area (Å²) in [6, 6.07) is 0. The van der Waals surface area contributed by atoms with Gasteiger partial charge in [-0.1, -0.05) is 6.42 Å². The lowest BCUT2D eigenvalue weighted by Gasteiger charge is -2.41. The zero-order chi connectivity index (χ0) is 11.5. The first-order valence-electron chi connectivity index (χ1n) is 5.26. The largest absolute Gasteiger partial charge is 0.394 e. The smallest absolute Gasteiger partial charge is 0.228 e. The van der Waals surface area contributed by atoms with E-state index in [0.717, 1.165) is 19.3 Å². The van der Waals surface area contributed by atoms with Crippen LogP contribution in [0.25, 0.3) is 0 Å². The van der Waals surface area contributed by atoms with Crippen molar-refractivity contribution in [2.75, 3.05) is 19.8 Å². The van der Waals surface area contributed by atoms with Crippen molar-refractivity contribution in [2.24, 2.45) is 11.1 Å². The molecule has 0 aromatic heterocycles. The highest BCUT2D eigenvalue weighted by atomic mass is 16.3. The number of carbonyl (C=O) groups is 1. The van der Waals surface area contributed by atoms with E-state index in [1.165, 1.54) is 0 Å². The Balaban J connectivity index is 2.61. The second kappa shape index (κ2) is 4.47. The van der Waals surface area contributed by atoms with E-state index in [9.17, 15) is 4.79 Å². The Bertz CT molecular complexity index is 229. The van der Waals surface area contributed by atoms with Crippen LogP contribution in [0.3, 0.4) is 0 Å². The Labute approximate surface area is 89.7 Å². The van der Waals surface area contributed by atoms with Crippen LogP contribution in [0, 0.1) is 5.41 Å². The molecule has 0 aliphatic heterocycles. The van der Waals surface area contributed by atoms with E-state index in [4.69, 9.17) is 15.9 Å². The maximum Gasteiger partial charge on any atom is 0.228 e. The molecule has 1 amide bonds. The summed E-state index contributed by atoms with van der Waals surface area (Å²) >= 11 is 0. The predicted molar refractivity (Wildman–Crippen MR) is 56.1 cm³/mol. The standard InChI is InChI=1S/C10H20N2O3/c1-9(6-13,7-14)12-8(15)10(5-11)3-2-4-10/h13-14H,2-7,11H2,1H3,(H,12,15). The molecule has 0 saturated heterocycles. The zero-order valence-electron chi connectivity index (χ0n) is 9.12. The van der Waals surface area contributed by atoms with Gasteiger partial charge in [0.2, 0.25) is 5.91 Å². The molecule has 0 bridgehead atoms. The molecule has 0 spiro atoms. The van der Waals surface area contributed by atoms with Crippen molar-refractivity contribution in [1.29, 1.82) is 0 Å². The molecule has 0 heterocycles. The summed E-state index contributed by atoms with van der Waals surface area (Å²) in [5.41, 5.74) is 4.17. The highest BCUT2D eigenvalue weighted by Crippen LogP contribution is 2.40.